The molecule has 1 aliphatic rings. The lowest BCUT2D eigenvalue weighted by atomic mass is 10.2. The second-order valence-corrected chi connectivity index (χ2v) is 6.48. The van der Waals surface area contributed by atoms with Gasteiger partial charge in [0, 0.05) is 5.56 Å². The summed E-state index contributed by atoms with van der Waals surface area (Å²) >= 11 is 1.22. The van der Waals surface area contributed by atoms with Gasteiger partial charge in [-0.25, -0.2) is 9.79 Å². The molecule has 1 aliphatic heterocycles. The van der Waals surface area contributed by atoms with E-state index < -0.39 is 12.1 Å². The standard InChI is InChI=1S/C19H16N2O4S/c1-12(18(23)24)25-15-10-6-5-7-13(15)11-16-17(22)21-19(26-16)20-14-8-3-2-4-9-14/h2-12H,1H3,(H,23,24)(H,20,21,22)/b16-11+. The lowest BCUT2D eigenvalue weighted by molar-refractivity contribution is -0.144. The average Bonchev–Trinajstić information content (AvgIpc) is 2.96. The van der Waals surface area contributed by atoms with Gasteiger partial charge in [0.25, 0.3) is 5.91 Å². The molecule has 0 aliphatic carbocycles. The Hall–Kier alpha value is -3.06. The van der Waals surface area contributed by atoms with E-state index in [1.807, 2.05) is 30.3 Å². The highest BCUT2D eigenvalue weighted by Crippen LogP contribution is 2.30. The van der Waals surface area contributed by atoms with Gasteiger partial charge < -0.3 is 15.2 Å². The fourth-order valence-corrected chi connectivity index (χ4v) is 3.02. The number of hydrogen-bond acceptors (Lipinski definition) is 5. The number of thioether (sulfide) groups is 1. The molecule has 7 heteroatoms. The third-order valence-corrected chi connectivity index (χ3v) is 4.40. The van der Waals surface area contributed by atoms with Crippen molar-refractivity contribution in [1.29, 1.82) is 0 Å². The molecule has 3 rings (SSSR count). The largest absolute Gasteiger partial charge is 0.479 e. The minimum Gasteiger partial charge on any atom is -0.479 e. The molecule has 2 aromatic rings. The van der Waals surface area contributed by atoms with Crippen LogP contribution < -0.4 is 10.1 Å². The van der Waals surface area contributed by atoms with Crippen LogP contribution in [0.4, 0.5) is 5.69 Å². The summed E-state index contributed by atoms with van der Waals surface area (Å²) in [6.07, 6.45) is 0.673. The van der Waals surface area contributed by atoms with Crippen molar-refractivity contribution in [3.63, 3.8) is 0 Å². The summed E-state index contributed by atoms with van der Waals surface area (Å²) in [6, 6.07) is 16.3. The van der Waals surface area contributed by atoms with Crippen molar-refractivity contribution in [2.45, 2.75) is 13.0 Å². The van der Waals surface area contributed by atoms with E-state index in [-0.39, 0.29) is 5.91 Å². The molecule has 132 valence electrons. The number of aliphatic carboxylic acids is 1. The predicted octanol–water partition coefficient (Wildman–Crippen LogP) is 3.43. The number of ether oxygens (including phenoxy) is 1. The Balaban J connectivity index is 1.83. The van der Waals surface area contributed by atoms with Crippen molar-refractivity contribution in [3.05, 3.63) is 65.1 Å². The van der Waals surface area contributed by atoms with Crippen LogP contribution in [-0.4, -0.2) is 28.3 Å². The fourth-order valence-electron chi connectivity index (χ4n) is 2.19. The first-order valence-electron chi connectivity index (χ1n) is 7.86. The van der Waals surface area contributed by atoms with E-state index in [4.69, 9.17) is 9.84 Å². The van der Waals surface area contributed by atoms with Gasteiger partial charge in [0.1, 0.15) is 5.75 Å². The first-order valence-corrected chi connectivity index (χ1v) is 8.68. The van der Waals surface area contributed by atoms with Gasteiger partial charge >= 0.3 is 5.97 Å². The van der Waals surface area contributed by atoms with Crippen molar-refractivity contribution < 1.29 is 19.4 Å². The SMILES string of the molecule is CC(Oc1ccccc1/C=C1/SC(=Nc2ccccc2)NC1=O)C(=O)O. The molecular formula is C19H16N2O4S. The molecule has 6 nitrogen and oxygen atoms in total. The first-order chi connectivity index (χ1) is 12.5. The third-order valence-electron chi connectivity index (χ3n) is 3.49. The monoisotopic (exact) mass is 368 g/mol. The number of nitrogens with zero attached hydrogens (tertiary/aromatic N) is 1. The smallest absolute Gasteiger partial charge is 0.344 e. The molecule has 1 amide bonds. The zero-order valence-electron chi connectivity index (χ0n) is 13.9. The lowest BCUT2D eigenvalue weighted by Gasteiger charge is -2.12. The number of rotatable bonds is 5. The zero-order chi connectivity index (χ0) is 18.5. The van der Waals surface area contributed by atoms with Gasteiger partial charge in [-0.1, -0.05) is 36.4 Å². The molecule has 0 saturated carbocycles. The maximum absolute atomic E-state index is 12.2. The molecule has 0 radical (unpaired) electrons. The van der Waals surface area contributed by atoms with Crippen LogP contribution in [0, 0.1) is 0 Å². The highest BCUT2D eigenvalue weighted by Gasteiger charge is 2.24. The summed E-state index contributed by atoms with van der Waals surface area (Å²) in [6.45, 7) is 1.45. The molecule has 26 heavy (non-hydrogen) atoms. The van der Waals surface area contributed by atoms with Gasteiger partial charge in [0.2, 0.25) is 0 Å². The molecule has 1 atom stereocenters. The second-order valence-electron chi connectivity index (χ2n) is 5.45. The van der Waals surface area contributed by atoms with Crippen molar-refractivity contribution in [2.75, 3.05) is 0 Å². The highest BCUT2D eigenvalue weighted by molar-refractivity contribution is 8.18. The van der Waals surface area contributed by atoms with Crippen LogP contribution in [0.1, 0.15) is 12.5 Å². The van der Waals surface area contributed by atoms with Crippen molar-refractivity contribution in [1.82, 2.24) is 5.32 Å². The zero-order valence-corrected chi connectivity index (χ0v) is 14.7. The van der Waals surface area contributed by atoms with E-state index in [0.717, 1.165) is 5.69 Å². The quantitative estimate of drug-likeness (QED) is 0.790. The molecule has 1 fully saturated rings. The Morgan fingerprint density at radius 3 is 2.62 bits per heavy atom. The third kappa shape index (κ3) is 4.31. The molecule has 2 N–H and O–H groups in total. The van der Waals surface area contributed by atoms with Crippen molar-refractivity contribution >= 4 is 40.6 Å². The minimum absolute atomic E-state index is 0.259. The Kier molecular flexibility index (Phi) is 5.38. The van der Waals surface area contributed by atoms with Crippen LogP contribution in [0.25, 0.3) is 6.08 Å². The number of carbonyl (C=O) groups is 2. The van der Waals surface area contributed by atoms with Gasteiger partial charge in [-0.05, 0) is 43.0 Å². The van der Waals surface area contributed by atoms with Crippen LogP contribution >= 0.6 is 11.8 Å². The maximum atomic E-state index is 12.2. The highest BCUT2D eigenvalue weighted by atomic mass is 32.2. The van der Waals surface area contributed by atoms with Crippen molar-refractivity contribution in [2.24, 2.45) is 4.99 Å². The Morgan fingerprint density at radius 1 is 1.19 bits per heavy atom. The normalized spacial score (nSPS) is 18.0. The van der Waals surface area contributed by atoms with Gasteiger partial charge in [-0.2, -0.15) is 0 Å². The topological polar surface area (TPSA) is 88.0 Å². The summed E-state index contributed by atoms with van der Waals surface area (Å²) in [7, 11) is 0. The van der Waals surface area contributed by atoms with Crippen LogP contribution in [-0.2, 0) is 9.59 Å². The molecule has 2 aromatic carbocycles. The lowest BCUT2D eigenvalue weighted by Crippen LogP contribution is -2.23. The van der Waals surface area contributed by atoms with E-state index >= 15 is 0 Å². The number of carboxylic acids is 1. The van der Waals surface area contributed by atoms with E-state index in [1.54, 1.807) is 30.3 Å². The molecule has 0 bridgehead atoms. The first kappa shape index (κ1) is 17.8. The number of nitrogens with one attached hydrogen (secondary N) is 1. The number of hydrogen-bond donors (Lipinski definition) is 2. The van der Waals surface area contributed by atoms with Crippen LogP contribution in [0.2, 0.25) is 0 Å². The second kappa shape index (κ2) is 7.88. The maximum Gasteiger partial charge on any atom is 0.344 e. The predicted molar refractivity (Wildman–Crippen MR) is 101 cm³/mol. The summed E-state index contributed by atoms with van der Waals surface area (Å²) < 4.78 is 5.46. The number of amidine groups is 1. The average molecular weight is 368 g/mol. The number of aliphatic imine (C=N–C) groups is 1. The van der Waals surface area contributed by atoms with Crippen LogP contribution in [0.3, 0.4) is 0 Å². The number of para-hydroxylation sites is 2. The summed E-state index contributed by atoms with van der Waals surface area (Å²) in [5, 5.41) is 12.2. The van der Waals surface area contributed by atoms with E-state index in [9.17, 15) is 9.59 Å². The van der Waals surface area contributed by atoms with Crippen LogP contribution in [0.5, 0.6) is 5.75 Å². The Bertz CT molecular complexity index is 893. The fraction of sp³-hybridized carbons (Fsp3) is 0.105. The molecular weight excluding hydrogens is 352 g/mol. The minimum atomic E-state index is -1.06. The van der Waals surface area contributed by atoms with Gasteiger partial charge in [-0.3, -0.25) is 4.79 Å². The van der Waals surface area contributed by atoms with E-state index in [1.165, 1.54) is 18.7 Å². The molecule has 0 spiro atoms. The van der Waals surface area contributed by atoms with Crippen LogP contribution in [0.15, 0.2) is 64.5 Å². The summed E-state index contributed by atoms with van der Waals surface area (Å²) in [4.78, 5) is 28.1. The number of carboxylic acid groups (broad SMARTS) is 1. The molecule has 1 saturated heterocycles. The number of amides is 1. The number of benzene rings is 2. The van der Waals surface area contributed by atoms with Crippen molar-refractivity contribution in [3.8, 4) is 5.75 Å². The summed E-state index contributed by atoms with van der Waals surface area (Å²) in [5.41, 5.74) is 1.37. The number of carbonyl (C=O) groups excluding carboxylic acids is 1. The van der Waals surface area contributed by atoms with Gasteiger partial charge in [0.15, 0.2) is 11.3 Å². The molecule has 0 aromatic heterocycles. The van der Waals surface area contributed by atoms with E-state index in [2.05, 4.69) is 10.3 Å². The molecule has 1 unspecified atom stereocenters. The molecule has 1 heterocycles. The van der Waals surface area contributed by atoms with Gasteiger partial charge in [0.05, 0.1) is 10.6 Å². The van der Waals surface area contributed by atoms with E-state index in [0.29, 0.717) is 21.4 Å². The summed E-state index contributed by atoms with van der Waals surface area (Å²) in [5.74, 6) is -0.916. The Morgan fingerprint density at radius 2 is 1.88 bits per heavy atom. The Labute approximate surface area is 154 Å². The van der Waals surface area contributed by atoms with Gasteiger partial charge in [-0.15, -0.1) is 0 Å².